The van der Waals surface area contributed by atoms with E-state index in [-0.39, 0.29) is 31.0 Å². The number of hydrogen-bond donors (Lipinski definition) is 4. The van der Waals surface area contributed by atoms with E-state index in [9.17, 15) is 14.0 Å². The van der Waals surface area contributed by atoms with Crippen molar-refractivity contribution in [2.45, 2.75) is 25.4 Å². The predicted molar refractivity (Wildman–Crippen MR) is 111 cm³/mol. The van der Waals surface area contributed by atoms with Crippen LogP contribution in [0.15, 0.2) is 54.4 Å². The summed E-state index contributed by atoms with van der Waals surface area (Å²) < 4.78 is 14.1. The highest BCUT2D eigenvalue weighted by Gasteiger charge is 2.12. The van der Waals surface area contributed by atoms with Gasteiger partial charge in [0.1, 0.15) is 11.9 Å². The fourth-order valence-electron chi connectivity index (χ4n) is 2.59. The molecule has 0 aliphatic carbocycles. The van der Waals surface area contributed by atoms with Crippen LogP contribution in [0, 0.1) is 0 Å². The van der Waals surface area contributed by atoms with Gasteiger partial charge in [-0.1, -0.05) is 30.3 Å². The molecule has 1 unspecified atom stereocenters. The van der Waals surface area contributed by atoms with Gasteiger partial charge in [-0.05, 0) is 30.5 Å². The Morgan fingerprint density at radius 3 is 2.57 bits per heavy atom. The molecule has 1 aromatic heterocycles. The minimum Gasteiger partial charge on any atom is -0.393 e. The van der Waals surface area contributed by atoms with Crippen molar-refractivity contribution in [2.75, 3.05) is 18.9 Å². The van der Waals surface area contributed by atoms with E-state index in [2.05, 4.69) is 20.8 Å². The van der Waals surface area contributed by atoms with E-state index in [1.165, 1.54) is 13.2 Å². The van der Waals surface area contributed by atoms with Crippen molar-refractivity contribution in [2.24, 2.45) is 11.6 Å². The number of nitrogens with zero attached hydrogens (tertiary/aromatic N) is 3. The summed E-state index contributed by atoms with van der Waals surface area (Å²) in [4.78, 5) is 23.3. The number of aromatic nitrogens is 2. The van der Waals surface area contributed by atoms with Crippen molar-refractivity contribution < 1.29 is 14.0 Å². The number of alkyl halides is 1. The van der Waals surface area contributed by atoms with Gasteiger partial charge in [0.05, 0.1) is 18.7 Å². The number of amides is 2. The molecule has 6 N–H and O–H groups in total. The van der Waals surface area contributed by atoms with Crippen molar-refractivity contribution >= 4 is 17.6 Å². The molecule has 1 heterocycles. The summed E-state index contributed by atoms with van der Waals surface area (Å²) >= 11 is 0. The van der Waals surface area contributed by atoms with E-state index < -0.39 is 12.1 Å². The largest absolute Gasteiger partial charge is 0.393 e. The number of benzene rings is 1. The van der Waals surface area contributed by atoms with Crippen LogP contribution in [-0.4, -0.2) is 46.8 Å². The van der Waals surface area contributed by atoms with Crippen molar-refractivity contribution in [1.29, 1.82) is 0 Å². The molecular formula is C20H26FN7O2. The average molecular weight is 415 g/mol. The van der Waals surface area contributed by atoms with Gasteiger partial charge in [-0.15, -0.1) is 5.10 Å². The molecule has 10 heteroatoms. The molecule has 0 aliphatic heterocycles. The first-order valence-electron chi connectivity index (χ1n) is 9.38. The Labute approximate surface area is 174 Å². The standard InChI is InChI=1S/C20H26FN7O2/c1-24-20(30)17(22)13-28(23)12-15(21)7-8-16-9-10-18(27-26-16)25-19(29)11-14-5-3-2-4-6-14/h2-6,9-10,13,15H,7-8,11-12,22-23H2,1H3,(H,24,30)(H,25,27,29)/b17-13-. The molecule has 1 aromatic carbocycles. The zero-order valence-corrected chi connectivity index (χ0v) is 16.7. The predicted octanol–water partition coefficient (Wildman–Crippen LogP) is 0.650. The normalized spacial score (nSPS) is 12.2. The molecular weight excluding hydrogens is 389 g/mol. The molecule has 30 heavy (non-hydrogen) atoms. The Hall–Kier alpha value is -3.53. The number of likely N-dealkylation sites (N-methyl/N-ethyl adjacent to an activating group) is 1. The summed E-state index contributed by atoms with van der Waals surface area (Å²) in [7, 11) is 1.43. The van der Waals surface area contributed by atoms with Crippen LogP contribution < -0.4 is 22.2 Å². The minimum atomic E-state index is -1.25. The van der Waals surface area contributed by atoms with E-state index in [1.54, 1.807) is 12.1 Å². The third kappa shape index (κ3) is 7.84. The van der Waals surface area contributed by atoms with Gasteiger partial charge in [0.2, 0.25) is 5.91 Å². The Morgan fingerprint density at radius 2 is 1.93 bits per heavy atom. The first-order valence-corrected chi connectivity index (χ1v) is 9.38. The number of carbonyl (C=O) groups excluding carboxylic acids is 2. The fraction of sp³-hybridized carbons (Fsp3) is 0.300. The number of aryl methyl sites for hydroxylation is 1. The molecule has 2 rings (SSSR count). The van der Waals surface area contributed by atoms with E-state index in [4.69, 9.17) is 11.6 Å². The first kappa shape index (κ1) is 22.8. The second kappa shape index (κ2) is 11.5. The van der Waals surface area contributed by atoms with Gasteiger partial charge < -0.3 is 21.4 Å². The number of carbonyl (C=O) groups is 2. The van der Waals surface area contributed by atoms with Crippen LogP contribution in [-0.2, 0) is 22.4 Å². The molecule has 2 amide bonds. The Morgan fingerprint density at radius 1 is 1.20 bits per heavy atom. The van der Waals surface area contributed by atoms with Crippen molar-refractivity contribution in [3.8, 4) is 0 Å². The molecule has 0 fully saturated rings. The summed E-state index contributed by atoms with van der Waals surface area (Å²) in [6, 6.07) is 12.7. The lowest BCUT2D eigenvalue weighted by molar-refractivity contribution is -0.117. The molecule has 0 saturated carbocycles. The molecule has 0 saturated heterocycles. The van der Waals surface area contributed by atoms with Crippen LogP contribution in [0.3, 0.4) is 0 Å². The molecule has 2 aromatic rings. The number of nitrogens with two attached hydrogens (primary N) is 2. The van der Waals surface area contributed by atoms with Gasteiger partial charge in [-0.3, -0.25) is 9.59 Å². The SMILES string of the molecule is CNC(=O)/C(N)=C/N(N)CC(F)CCc1ccc(NC(=O)Cc2ccccc2)nn1. The highest BCUT2D eigenvalue weighted by Crippen LogP contribution is 2.09. The Balaban J connectivity index is 1.77. The number of rotatable bonds is 10. The summed E-state index contributed by atoms with van der Waals surface area (Å²) in [5, 5.41) is 14.0. The fourth-order valence-corrected chi connectivity index (χ4v) is 2.59. The topological polar surface area (TPSA) is 139 Å². The van der Waals surface area contributed by atoms with Crippen molar-refractivity contribution in [3.63, 3.8) is 0 Å². The lowest BCUT2D eigenvalue weighted by Crippen LogP contribution is -2.35. The number of hydrogen-bond acceptors (Lipinski definition) is 7. The summed E-state index contributed by atoms with van der Waals surface area (Å²) in [6.07, 6.45) is 0.668. The van der Waals surface area contributed by atoms with Crippen LogP contribution in [0.2, 0.25) is 0 Å². The monoisotopic (exact) mass is 415 g/mol. The summed E-state index contributed by atoms with van der Waals surface area (Å²) in [5.41, 5.74) is 6.89. The van der Waals surface area contributed by atoms with E-state index in [0.29, 0.717) is 17.9 Å². The maximum absolute atomic E-state index is 14.1. The van der Waals surface area contributed by atoms with Crippen LogP contribution in [0.25, 0.3) is 0 Å². The third-order valence-electron chi connectivity index (χ3n) is 4.11. The highest BCUT2D eigenvalue weighted by molar-refractivity contribution is 5.92. The molecule has 0 aliphatic rings. The number of anilines is 1. The molecule has 9 nitrogen and oxygen atoms in total. The van der Waals surface area contributed by atoms with Crippen LogP contribution in [0.1, 0.15) is 17.7 Å². The Kier molecular flexibility index (Phi) is 8.70. The van der Waals surface area contributed by atoms with Gasteiger partial charge in [-0.25, -0.2) is 10.2 Å². The lowest BCUT2D eigenvalue weighted by Gasteiger charge is -2.17. The molecule has 0 spiro atoms. The summed E-state index contributed by atoms with van der Waals surface area (Å²) in [5.74, 6) is 5.29. The van der Waals surface area contributed by atoms with Gasteiger partial charge in [0, 0.05) is 13.2 Å². The Bertz CT molecular complexity index is 859. The second-order valence-corrected chi connectivity index (χ2v) is 6.62. The maximum atomic E-state index is 14.1. The van der Waals surface area contributed by atoms with Crippen LogP contribution in [0.4, 0.5) is 10.2 Å². The van der Waals surface area contributed by atoms with Crippen LogP contribution in [0.5, 0.6) is 0 Å². The van der Waals surface area contributed by atoms with Gasteiger partial charge in [-0.2, -0.15) is 5.10 Å². The second-order valence-electron chi connectivity index (χ2n) is 6.62. The average Bonchev–Trinajstić information content (AvgIpc) is 2.73. The number of hydrazine groups is 1. The number of halogens is 1. The maximum Gasteiger partial charge on any atom is 0.268 e. The third-order valence-corrected chi connectivity index (χ3v) is 4.11. The highest BCUT2D eigenvalue weighted by atomic mass is 19.1. The number of nitrogens with one attached hydrogen (secondary N) is 2. The minimum absolute atomic E-state index is 0.108. The van der Waals surface area contributed by atoms with Gasteiger partial charge in [0.25, 0.3) is 5.91 Å². The molecule has 160 valence electrons. The van der Waals surface area contributed by atoms with Gasteiger partial charge >= 0.3 is 0 Å². The van der Waals surface area contributed by atoms with E-state index in [0.717, 1.165) is 10.6 Å². The zero-order valence-electron chi connectivity index (χ0n) is 16.7. The smallest absolute Gasteiger partial charge is 0.268 e. The molecule has 0 radical (unpaired) electrons. The van der Waals surface area contributed by atoms with E-state index in [1.807, 2.05) is 30.3 Å². The molecule has 1 atom stereocenters. The lowest BCUT2D eigenvalue weighted by atomic mass is 10.1. The quantitative estimate of drug-likeness (QED) is 0.254. The summed E-state index contributed by atoms with van der Waals surface area (Å²) in [6.45, 7) is -0.126. The van der Waals surface area contributed by atoms with Crippen molar-refractivity contribution in [1.82, 2.24) is 20.5 Å². The van der Waals surface area contributed by atoms with Crippen LogP contribution >= 0.6 is 0 Å². The van der Waals surface area contributed by atoms with Crippen molar-refractivity contribution in [3.05, 3.63) is 65.6 Å². The first-order chi connectivity index (χ1) is 14.4. The van der Waals surface area contributed by atoms with E-state index >= 15 is 0 Å². The molecule has 0 bridgehead atoms. The zero-order chi connectivity index (χ0) is 21.9. The van der Waals surface area contributed by atoms with Gasteiger partial charge in [0.15, 0.2) is 5.82 Å².